The summed E-state index contributed by atoms with van der Waals surface area (Å²) in [6, 6.07) is 9.32. The van der Waals surface area contributed by atoms with Crippen LogP contribution in [0.1, 0.15) is 43.7 Å². The van der Waals surface area contributed by atoms with E-state index in [2.05, 4.69) is 43.4 Å². The molecular weight excluding hydrogens is 230 g/mol. The summed E-state index contributed by atoms with van der Waals surface area (Å²) in [6.45, 7) is 6.91. The molecule has 0 aliphatic carbocycles. The van der Waals surface area contributed by atoms with E-state index >= 15 is 0 Å². The van der Waals surface area contributed by atoms with Crippen molar-refractivity contribution < 1.29 is 0 Å². The second-order valence-corrected chi connectivity index (χ2v) is 5.36. The molecule has 0 spiro atoms. The first-order valence-electron chi connectivity index (χ1n) is 6.55. The lowest BCUT2D eigenvalue weighted by atomic mass is 9.89. The van der Waals surface area contributed by atoms with E-state index in [1.165, 1.54) is 43.5 Å². The lowest BCUT2D eigenvalue weighted by Gasteiger charge is -2.23. The summed E-state index contributed by atoms with van der Waals surface area (Å²) >= 11 is 0. The van der Waals surface area contributed by atoms with Crippen LogP contribution in [0.25, 0.3) is 0 Å². The van der Waals surface area contributed by atoms with Crippen molar-refractivity contribution in [2.24, 2.45) is 5.92 Å². The smallest absolute Gasteiger partial charge is 0.00431 e. The average Bonchev–Trinajstić information content (AvgIpc) is 2.30. The quantitative estimate of drug-likeness (QED) is 0.865. The minimum Gasteiger partial charge on any atom is -0.317 e. The van der Waals surface area contributed by atoms with Crippen LogP contribution in [-0.2, 0) is 6.42 Å². The summed E-state index contributed by atoms with van der Waals surface area (Å²) in [5.41, 5.74) is 3.02. The molecule has 0 radical (unpaired) electrons. The maximum atomic E-state index is 3.42. The molecule has 1 aliphatic heterocycles. The van der Waals surface area contributed by atoms with Crippen LogP contribution in [0.4, 0.5) is 0 Å². The van der Waals surface area contributed by atoms with E-state index in [4.69, 9.17) is 0 Å². The summed E-state index contributed by atoms with van der Waals surface area (Å²) in [4.78, 5) is 0. The number of piperidine rings is 1. The van der Waals surface area contributed by atoms with Crippen LogP contribution in [0.2, 0.25) is 0 Å². The van der Waals surface area contributed by atoms with Crippen molar-refractivity contribution in [3.05, 3.63) is 35.4 Å². The molecule has 0 atom stereocenters. The zero-order valence-corrected chi connectivity index (χ0v) is 11.7. The molecule has 0 amide bonds. The van der Waals surface area contributed by atoms with Crippen LogP contribution in [0, 0.1) is 5.92 Å². The molecule has 1 aliphatic rings. The second-order valence-electron chi connectivity index (χ2n) is 5.36. The molecule has 1 aromatic rings. The molecule has 0 saturated carbocycles. The van der Waals surface area contributed by atoms with Gasteiger partial charge in [0, 0.05) is 0 Å². The predicted octanol–water partition coefficient (Wildman–Crippen LogP) is 3.77. The fourth-order valence-electron chi connectivity index (χ4n) is 2.55. The van der Waals surface area contributed by atoms with Gasteiger partial charge < -0.3 is 5.32 Å². The van der Waals surface area contributed by atoms with Gasteiger partial charge in [0.05, 0.1) is 0 Å². The number of nitrogens with one attached hydrogen (secondary N) is 1. The van der Waals surface area contributed by atoms with Gasteiger partial charge in [0.15, 0.2) is 0 Å². The Hall–Kier alpha value is -0.530. The third kappa shape index (κ3) is 4.33. The third-order valence-electron chi connectivity index (χ3n) is 3.43. The predicted molar refractivity (Wildman–Crippen MR) is 77.1 cm³/mol. The molecular formula is C15H24ClN. The molecule has 0 aromatic heterocycles. The van der Waals surface area contributed by atoms with Gasteiger partial charge in [-0.2, -0.15) is 0 Å². The molecule has 0 bridgehead atoms. The van der Waals surface area contributed by atoms with Crippen molar-refractivity contribution in [3.8, 4) is 0 Å². The van der Waals surface area contributed by atoms with Crippen molar-refractivity contribution in [3.63, 3.8) is 0 Å². The molecule has 17 heavy (non-hydrogen) atoms. The van der Waals surface area contributed by atoms with Gasteiger partial charge in [-0.05, 0) is 55.3 Å². The highest BCUT2D eigenvalue weighted by molar-refractivity contribution is 5.85. The van der Waals surface area contributed by atoms with Crippen LogP contribution in [0.15, 0.2) is 24.3 Å². The maximum absolute atomic E-state index is 3.42. The largest absolute Gasteiger partial charge is 0.317 e. The zero-order valence-electron chi connectivity index (χ0n) is 10.9. The number of halogens is 1. The van der Waals surface area contributed by atoms with Crippen LogP contribution < -0.4 is 5.32 Å². The zero-order chi connectivity index (χ0) is 11.4. The van der Waals surface area contributed by atoms with Gasteiger partial charge in [-0.15, -0.1) is 12.4 Å². The Balaban J connectivity index is 0.00000144. The molecule has 96 valence electrons. The van der Waals surface area contributed by atoms with E-state index in [0.717, 1.165) is 11.8 Å². The van der Waals surface area contributed by atoms with Gasteiger partial charge >= 0.3 is 0 Å². The molecule has 1 saturated heterocycles. The molecule has 1 aromatic carbocycles. The molecule has 1 N–H and O–H groups in total. The summed E-state index contributed by atoms with van der Waals surface area (Å²) in [7, 11) is 0. The van der Waals surface area contributed by atoms with Crippen LogP contribution in [-0.4, -0.2) is 13.1 Å². The molecule has 1 heterocycles. The Labute approximate surface area is 111 Å². The lowest BCUT2D eigenvalue weighted by Crippen LogP contribution is -2.26. The number of hydrogen-bond acceptors (Lipinski definition) is 1. The van der Waals surface area contributed by atoms with Crippen LogP contribution >= 0.6 is 12.4 Å². The first-order valence-corrected chi connectivity index (χ1v) is 6.55. The Kier molecular flexibility index (Phi) is 6.01. The Bertz CT molecular complexity index is 312. The van der Waals surface area contributed by atoms with Gasteiger partial charge in [0.25, 0.3) is 0 Å². The Morgan fingerprint density at radius 3 is 2.24 bits per heavy atom. The van der Waals surface area contributed by atoms with Gasteiger partial charge in [-0.3, -0.25) is 0 Å². The second kappa shape index (κ2) is 7.03. The van der Waals surface area contributed by atoms with Gasteiger partial charge in [-0.1, -0.05) is 38.1 Å². The van der Waals surface area contributed by atoms with E-state index in [1.807, 2.05) is 0 Å². The van der Waals surface area contributed by atoms with E-state index in [1.54, 1.807) is 0 Å². The highest BCUT2D eigenvalue weighted by Gasteiger charge is 2.14. The number of benzene rings is 1. The highest BCUT2D eigenvalue weighted by Crippen LogP contribution is 2.25. The fourth-order valence-corrected chi connectivity index (χ4v) is 2.55. The van der Waals surface area contributed by atoms with Gasteiger partial charge in [0.1, 0.15) is 0 Å². The normalized spacial score (nSPS) is 16.9. The van der Waals surface area contributed by atoms with Crippen molar-refractivity contribution in [2.75, 3.05) is 13.1 Å². The van der Waals surface area contributed by atoms with E-state index < -0.39 is 0 Å². The van der Waals surface area contributed by atoms with Crippen LogP contribution in [0.3, 0.4) is 0 Å². The topological polar surface area (TPSA) is 12.0 Å². The van der Waals surface area contributed by atoms with Crippen LogP contribution in [0.5, 0.6) is 0 Å². The minimum atomic E-state index is 0. The first-order chi connectivity index (χ1) is 7.75. The molecule has 1 fully saturated rings. The van der Waals surface area contributed by atoms with Crippen molar-refractivity contribution >= 4 is 12.4 Å². The minimum absolute atomic E-state index is 0. The fraction of sp³-hybridized carbons (Fsp3) is 0.600. The van der Waals surface area contributed by atoms with Crippen molar-refractivity contribution in [1.82, 2.24) is 5.32 Å². The molecule has 2 rings (SSSR count). The van der Waals surface area contributed by atoms with Gasteiger partial charge in [-0.25, -0.2) is 0 Å². The van der Waals surface area contributed by atoms with E-state index in [0.29, 0.717) is 0 Å². The monoisotopic (exact) mass is 253 g/mol. The number of hydrogen-bond donors (Lipinski definition) is 1. The van der Waals surface area contributed by atoms with Crippen molar-refractivity contribution in [2.45, 2.75) is 39.0 Å². The summed E-state index contributed by atoms with van der Waals surface area (Å²) < 4.78 is 0. The average molecular weight is 254 g/mol. The maximum Gasteiger partial charge on any atom is -0.00431 e. The lowest BCUT2D eigenvalue weighted by molar-refractivity contribution is 0.460. The van der Waals surface area contributed by atoms with E-state index in [-0.39, 0.29) is 12.4 Å². The SMILES string of the molecule is CC(C)Cc1ccc(C2CCNCC2)cc1.Cl. The Morgan fingerprint density at radius 1 is 1.12 bits per heavy atom. The Morgan fingerprint density at radius 2 is 1.71 bits per heavy atom. The molecule has 1 nitrogen and oxygen atoms in total. The molecule has 0 unspecified atom stereocenters. The summed E-state index contributed by atoms with van der Waals surface area (Å²) in [5.74, 6) is 1.54. The highest BCUT2D eigenvalue weighted by atomic mass is 35.5. The van der Waals surface area contributed by atoms with Gasteiger partial charge in [0.2, 0.25) is 0 Å². The molecule has 2 heteroatoms. The third-order valence-corrected chi connectivity index (χ3v) is 3.43. The first kappa shape index (κ1) is 14.5. The van der Waals surface area contributed by atoms with E-state index in [9.17, 15) is 0 Å². The number of rotatable bonds is 3. The summed E-state index contributed by atoms with van der Waals surface area (Å²) in [6.07, 6.45) is 3.79. The van der Waals surface area contributed by atoms with Crippen molar-refractivity contribution in [1.29, 1.82) is 0 Å². The summed E-state index contributed by atoms with van der Waals surface area (Å²) in [5, 5.41) is 3.42. The standard InChI is InChI=1S/C15H23N.ClH/c1-12(2)11-13-3-5-14(6-4-13)15-7-9-16-10-8-15;/h3-6,12,15-16H,7-11H2,1-2H3;1H.